The van der Waals surface area contributed by atoms with Crippen molar-refractivity contribution in [3.05, 3.63) is 29.8 Å². The highest BCUT2D eigenvalue weighted by Gasteiger charge is 2.17. The minimum absolute atomic E-state index is 0.111. The lowest BCUT2D eigenvalue weighted by molar-refractivity contribution is -0.143. The topological polar surface area (TPSA) is 64.6 Å². The lowest BCUT2D eigenvalue weighted by Gasteiger charge is -2.17. The zero-order chi connectivity index (χ0) is 14.3. The van der Waals surface area contributed by atoms with Crippen molar-refractivity contribution in [1.82, 2.24) is 5.32 Å². The molecule has 0 aliphatic rings. The van der Waals surface area contributed by atoms with E-state index >= 15 is 0 Å². The Kier molecular flexibility index (Phi) is 5.85. The summed E-state index contributed by atoms with van der Waals surface area (Å²) in [6, 6.07) is 6.82. The van der Waals surface area contributed by atoms with Gasteiger partial charge in [-0.2, -0.15) is 0 Å². The van der Waals surface area contributed by atoms with Crippen molar-refractivity contribution < 1.29 is 19.1 Å². The largest absolute Gasteiger partial charge is 0.497 e. The monoisotopic (exact) mass is 265 g/mol. The van der Waals surface area contributed by atoms with Crippen LogP contribution in [0.1, 0.15) is 31.9 Å². The molecular formula is C14H19NO4. The summed E-state index contributed by atoms with van der Waals surface area (Å²) in [5.74, 6) is 0.198. The van der Waals surface area contributed by atoms with Crippen LogP contribution in [0.5, 0.6) is 5.75 Å². The van der Waals surface area contributed by atoms with Crippen molar-refractivity contribution in [1.29, 1.82) is 0 Å². The van der Waals surface area contributed by atoms with Gasteiger partial charge in [0, 0.05) is 6.92 Å². The molecule has 1 N–H and O–H groups in total. The standard InChI is InChI=1S/C14H19NO4/c1-4-19-14(17)9-13(15-10(2)16)11-5-7-12(18-3)8-6-11/h5-8,13H,4,9H2,1-3H3,(H,15,16)/t13-/m1/s1. The molecule has 0 spiro atoms. The summed E-state index contributed by atoms with van der Waals surface area (Å²) in [4.78, 5) is 22.7. The normalized spacial score (nSPS) is 11.5. The highest BCUT2D eigenvalue weighted by molar-refractivity contribution is 5.76. The molecule has 1 aromatic rings. The average Bonchev–Trinajstić information content (AvgIpc) is 2.38. The van der Waals surface area contributed by atoms with Gasteiger partial charge in [-0.3, -0.25) is 9.59 Å². The Labute approximate surface area is 112 Å². The maximum Gasteiger partial charge on any atom is 0.308 e. The van der Waals surface area contributed by atoms with E-state index in [0.29, 0.717) is 6.61 Å². The van der Waals surface area contributed by atoms with Crippen LogP contribution in [0.3, 0.4) is 0 Å². The number of methoxy groups -OCH3 is 1. The van der Waals surface area contributed by atoms with Gasteiger partial charge in [0.15, 0.2) is 0 Å². The summed E-state index contributed by atoms with van der Waals surface area (Å²) in [7, 11) is 1.58. The van der Waals surface area contributed by atoms with Gasteiger partial charge in [-0.1, -0.05) is 12.1 Å². The summed E-state index contributed by atoms with van der Waals surface area (Å²) in [6.07, 6.45) is 0.111. The maximum atomic E-state index is 11.5. The van der Waals surface area contributed by atoms with Crippen LogP contribution in [-0.4, -0.2) is 25.6 Å². The van der Waals surface area contributed by atoms with E-state index in [4.69, 9.17) is 9.47 Å². The minimum atomic E-state index is -0.387. The van der Waals surface area contributed by atoms with Gasteiger partial charge in [0.2, 0.25) is 5.91 Å². The molecule has 1 atom stereocenters. The molecule has 0 radical (unpaired) electrons. The summed E-state index contributed by atoms with van der Waals surface area (Å²) in [5, 5.41) is 2.74. The third-order valence-electron chi connectivity index (χ3n) is 2.57. The number of nitrogens with one attached hydrogen (secondary N) is 1. The zero-order valence-corrected chi connectivity index (χ0v) is 11.4. The number of benzene rings is 1. The molecule has 5 nitrogen and oxygen atoms in total. The Morgan fingerprint density at radius 2 is 1.89 bits per heavy atom. The van der Waals surface area contributed by atoms with E-state index < -0.39 is 0 Å². The van der Waals surface area contributed by atoms with Gasteiger partial charge < -0.3 is 14.8 Å². The van der Waals surface area contributed by atoms with Crippen LogP contribution in [0.2, 0.25) is 0 Å². The van der Waals surface area contributed by atoms with Crippen molar-refractivity contribution in [2.75, 3.05) is 13.7 Å². The van der Waals surface area contributed by atoms with Gasteiger partial charge in [0.1, 0.15) is 5.75 Å². The number of rotatable bonds is 6. The van der Waals surface area contributed by atoms with Crippen molar-refractivity contribution in [2.45, 2.75) is 26.3 Å². The van der Waals surface area contributed by atoms with E-state index in [-0.39, 0.29) is 24.3 Å². The smallest absolute Gasteiger partial charge is 0.308 e. The van der Waals surface area contributed by atoms with Gasteiger partial charge in [-0.15, -0.1) is 0 Å². The second kappa shape index (κ2) is 7.41. The van der Waals surface area contributed by atoms with Crippen molar-refractivity contribution in [2.24, 2.45) is 0 Å². The summed E-state index contributed by atoms with van der Waals surface area (Å²) >= 11 is 0. The van der Waals surface area contributed by atoms with Gasteiger partial charge >= 0.3 is 5.97 Å². The van der Waals surface area contributed by atoms with Crippen LogP contribution >= 0.6 is 0 Å². The molecule has 0 saturated carbocycles. The van der Waals surface area contributed by atoms with Crippen molar-refractivity contribution in [3.8, 4) is 5.75 Å². The lowest BCUT2D eigenvalue weighted by atomic mass is 10.0. The summed E-state index contributed by atoms with van der Waals surface area (Å²) in [5.41, 5.74) is 0.837. The van der Waals surface area contributed by atoms with Crippen LogP contribution in [0, 0.1) is 0 Å². The molecule has 1 amide bonds. The van der Waals surface area contributed by atoms with E-state index in [9.17, 15) is 9.59 Å². The molecule has 0 heterocycles. The zero-order valence-electron chi connectivity index (χ0n) is 11.4. The molecule has 0 aliphatic heterocycles. The third-order valence-corrected chi connectivity index (χ3v) is 2.57. The van der Waals surface area contributed by atoms with Crippen LogP contribution < -0.4 is 10.1 Å². The number of carbonyl (C=O) groups excluding carboxylic acids is 2. The molecule has 0 unspecified atom stereocenters. The molecule has 0 aliphatic carbocycles. The fraction of sp³-hybridized carbons (Fsp3) is 0.429. The van der Waals surface area contributed by atoms with Gasteiger partial charge in [0.25, 0.3) is 0 Å². The van der Waals surface area contributed by atoms with Gasteiger partial charge in [-0.25, -0.2) is 0 Å². The Hall–Kier alpha value is -2.04. The predicted molar refractivity (Wildman–Crippen MR) is 70.8 cm³/mol. The summed E-state index contributed by atoms with van der Waals surface area (Å²) in [6.45, 7) is 3.49. The predicted octanol–water partition coefficient (Wildman–Crippen LogP) is 1.83. The molecular weight excluding hydrogens is 246 g/mol. The number of esters is 1. The molecule has 1 aromatic carbocycles. The fourth-order valence-corrected chi connectivity index (χ4v) is 1.72. The highest BCUT2D eigenvalue weighted by Crippen LogP contribution is 2.20. The third kappa shape index (κ3) is 4.99. The van der Waals surface area contributed by atoms with Gasteiger partial charge in [0.05, 0.1) is 26.2 Å². The van der Waals surface area contributed by atoms with E-state index in [1.807, 2.05) is 12.1 Å². The second-order valence-electron chi connectivity index (χ2n) is 4.04. The quantitative estimate of drug-likeness (QED) is 0.797. The first-order chi connectivity index (χ1) is 9.06. The van der Waals surface area contributed by atoms with Crippen LogP contribution in [-0.2, 0) is 14.3 Å². The van der Waals surface area contributed by atoms with E-state index in [2.05, 4.69) is 5.32 Å². The molecule has 0 fully saturated rings. The Bertz CT molecular complexity index is 428. The SMILES string of the molecule is CCOC(=O)C[C@@H](NC(C)=O)c1ccc(OC)cc1. The molecule has 0 bridgehead atoms. The second-order valence-corrected chi connectivity index (χ2v) is 4.04. The first-order valence-corrected chi connectivity index (χ1v) is 6.13. The number of hydrogen-bond acceptors (Lipinski definition) is 4. The number of amides is 1. The van der Waals surface area contributed by atoms with Crippen molar-refractivity contribution in [3.63, 3.8) is 0 Å². The van der Waals surface area contributed by atoms with E-state index in [1.54, 1.807) is 26.2 Å². The number of ether oxygens (including phenoxy) is 2. The Morgan fingerprint density at radius 1 is 1.26 bits per heavy atom. The molecule has 5 heteroatoms. The van der Waals surface area contributed by atoms with E-state index in [1.165, 1.54) is 6.92 Å². The Balaban J connectivity index is 2.82. The highest BCUT2D eigenvalue weighted by atomic mass is 16.5. The lowest BCUT2D eigenvalue weighted by Crippen LogP contribution is -2.28. The van der Waals surface area contributed by atoms with E-state index in [0.717, 1.165) is 11.3 Å². The molecule has 19 heavy (non-hydrogen) atoms. The molecule has 0 saturated heterocycles. The Morgan fingerprint density at radius 3 is 2.37 bits per heavy atom. The summed E-state index contributed by atoms with van der Waals surface area (Å²) < 4.78 is 9.98. The van der Waals surface area contributed by atoms with Crippen LogP contribution in [0.25, 0.3) is 0 Å². The maximum absolute atomic E-state index is 11.5. The minimum Gasteiger partial charge on any atom is -0.497 e. The first-order valence-electron chi connectivity index (χ1n) is 6.13. The first kappa shape index (κ1) is 15.0. The number of carbonyl (C=O) groups is 2. The van der Waals surface area contributed by atoms with Crippen molar-refractivity contribution >= 4 is 11.9 Å². The van der Waals surface area contributed by atoms with Gasteiger partial charge in [-0.05, 0) is 24.6 Å². The van der Waals surface area contributed by atoms with Crippen LogP contribution in [0.15, 0.2) is 24.3 Å². The molecule has 0 aromatic heterocycles. The number of hydrogen-bond donors (Lipinski definition) is 1. The molecule has 1 rings (SSSR count). The average molecular weight is 265 g/mol. The molecule has 104 valence electrons. The van der Waals surface area contributed by atoms with Crippen LogP contribution in [0.4, 0.5) is 0 Å². The fourth-order valence-electron chi connectivity index (χ4n) is 1.72.